The summed E-state index contributed by atoms with van der Waals surface area (Å²) in [5.41, 5.74) is 6.54. The van der Waals surface area contributed by atoms with Gasteiger partial charge in [-0.05, 0) is 43.0 Å². The number of aryl methyl sites for hydroxylation is 1. The second kappa shape index (κ2) is 8.94. The van der Waals surface area contributed by atoms with Crippen LogP contribution in [0.4, 0.5) is 5.69 Å². The summed E-state index contributed by atoms with van der Waals surface area (Å²) in [5.74, 6) is 0.286. The minimum Gasteiger partial charge on any atom is -0.378 e. The van der Waals surface area contributed by atoms with Crippen LogP contribution in [0.1, 0.15) is 56.0 Å². The van der Waals surface area contributed by atoms with E-state index in [-0.39, 0.29) is 18.2 Å². The number of hydrogen-bond acceptors (Lipinski definition) is 4. The quantitative estimate of drug-likeness (QED) is 0.768. The SMILES string of the molecule is CC1=CC(C)=C(CNC(=O)c2cc(N3CCOCC3)cc3c(C(C)C)cn(C)c23)C(=O)C1. The summed E-state index contributed by atoms with van der Waals surface area (Å²) < 4.78 is 7.57. The second-order valence-corrected chi connectivity index (χ2v) is 9.27. The Balaban J connectivity index is 1.72. The van der Waals surface area contributed by atoms with E-state index in [1.54, 1.807) is 0 Å². The van der Waals surface area contributed by atoms with E-state index >= 15 is 0 Å². The number of nitrogens with one attached hydrogen (secondary N) is 1. The molecule has 2 aliphatic rings. The fourth-order valence-electron chi connectivity index (χ4n) is 4.79. The van der Waals surface area contributed by atoms with Crippen molar-refractivity contribution in [2.75, 3.05) is 37.7 Å². The van der Waals surface area contributed by atoms with Crippen molar-refractivity contribution in [3.05, 3.63) is 52.3 Å². The molecule has 6 nitrogen and oxygen atoms in total. The molecule has 1 aromatic heterocycles. The number of amides is 1. The molecule has 2 aromatic rings. The van der Waals surface area contributed by atoms with Gasteiger partial charge in [-0.3, -0.25) is 9.59 Å². The summed E-state index contributed by atoms with van der Waals surface area (Å²) in [4.78, 5) is 28.2. The fraction of sp³-hybridized carbons (Fsp3) is 0.462. The third kappa shape index (κ3) is 4.24. The maximum absolute atomic E-state index is 13.4. The molecule has 1 aromatic carbocycles. The number of morpholine rings is 1. The van der Waals surface area contributed by atoms with Gasteiger partial charge in [0, 0.05) is 55.9 Å². The Bertz CT molecular complexity index is 1130. The molecule has 170 valence electrons. The summed E-state index contributed by atoms with van der Waals surface area (Å²) >= 11 is 0. The van der Waals surface area contributed by atoms with Crippen molar-refractivity contribution in [2.24, 2.45) is 7.05 Å². The molecule has 0 saturated carbocycles. The first-order valence-corrected chi connectivity index (χ1v) is 11.4. The van der Waals surface area contributed by atoms with E-state index in [0.29, 0.717) is 36.7 Å². The molecule has 1 fully saturated rings. The average molecular weight is 436 g/mol. The van der Waals surface area contributed by atoms with Crippen LogP contribution in [-0.4, -0.2) is 49.1 Å². The Kier molecular flexibility index (Phi) is 6.24. The monoisotopic (exact) mass is 435 g/mol. The molecular weight excluding hydrogens is 402 g/mol. The standard InChI is InChI=1S/C26H33N3O3/c1-16(2)23-15-28(5)25-20(23)12-19(29-6-8-32-9-7-29)13-21(25)26(31)27-14-22-18(4)10-17(3)11-24(22)30/h10,12-13,15-16H,6-9,11,14H2,1-5H3,(H,27,31). The van der Waals surface area contributed by atoms with Gasteiger partial charge in [0.05, 0.1) is 24.3 Å². The zero-order chi connectivity index (χ0) is 23.0. The summed E-state index contributed by atoms with van der Waals surface area (Å²) in [6, 6.07) is 4.19. The first kappa shape index (κ1) is 22.3. The number of nitrogens with zero attached hydrogens (tertiary/aromatic N) is 2. The maximum Gasteiger partial charge on any atom is 0.253 e. The summed E-state index contributed by atoms with van der Waals surface area (Å²) in [6.07, 6.45) is 4.58. The molecule has 4 rings (SSSR count). The molecule has 1 aliphatic heterocycles. The zero-order valence-corrected chi connectivity index (χ0v) is 19.7. The first-order chi connectivity index (χ1) is 15.3. The molecule has 0 radical (unpaired) electrons. The van der Waals surface area contributed by atoms with Crippen LogP contribution in [0.25, 0.3) is 10.9 Å². The van der Waals surface area contributed by atoms with Crippen LogP contribution < -0.4 is 10.2 Å². The van der Waals surface area contributed by atoms with Crippen LogP contribution in [-0.2, 0) is 16.6 Å². The lowest BCUT2D eigenvalue weighted by molar-refractivity contribution is -0.115. The number of benzene rings is 1. The van der Waals surface area contributed by atoms with Crippen molar-refractivity contribution in [3.63, 3.8) is 0 Å². The number of Topliss-reactive ketones (excluding diaryl/α,β-unsaturated/α-hetero) is 1. The Morgan fingerprint density at radius 1 is 1.19 bits per heavy atom. The molecule has 1 amide bonds. The topological polar surface area (TPSA) is 63.6 Å². The van der Waals surface area contributed by atoms with Crippen molar-refractivity contribution >= 4 is 28.3 Å². The smallest absolute Gasteiger partial charge is 0.253 e. The van der Waals surface area contributed by atoms with E-state index in [1.165, 1.54) is 5.56 Å². The van der Waals surface area contributed by atoms with Crippen LogP contribution in [0, 0.1) is 0 Å². The third-order valence-corrected chi connectivity index (χ3v) is 6.47. The van der Waals surface area contributed by atoms with Crippen molar-refractivity contribution in [3.8, 4) is 0 Å². The van der Waals surface area contributed by atoms with Crippen LogP contribution >= 0.6 is 0 Å². The van der Waals surface area contributed by atoms with E-state index < -0.39 is 0 Å². The zero-order valence-electron chi connectivity index (χ0n) is 19.7. The lowest BCUT2D eigenvalue weighted by Crippen LogP contribution is -2.36. The van der Waals surface area contributed by atoms with Gasteiger partial charge in [-0.2, -0.15) is 0 Å². The third-order valence-electron chi connectivity index (χ3n) is 6.47. The molecule has 2 heterocycles. The van der Waals surface area contributed by atoms with Gasteiger partial charge in [-0.1, -0.05) is 25.5 Å². The largest absolute Gasteiger partial charge is 0.378 e. The van der Waals surface area contributed by atoms with Crippen molar-refractivity contribution in [1.29, 1.82) is 0 Å². The van der Waals surface area contributed by atoms with Crippen LogP contribution in [0.3, 0.4) is 0 Å². The molecular formula is C26H33N3O3. The number of hydrogen-bond donors (Lipinski definition) is 1. The summed E-state index contributed by atoms with van der Waals surface area (Å²) in [6.45, 7) is 11.5. The molecule has 6 heteroatoms. The highest BCUT2D eigenvalue weighted by molar-refractivity contribution is 6.09. The highest BCUT2D eigenvalue weighted by atomic mass is 16.5. The highest BCUT2D eigenvalue weighted by Crippen LogP contribution is 2.34. The summed E-state index contributed by atoms with van der Waals surface area (Å²) in [5, 5.41) is 4.14. The number of ether oxygens (including phenoxy) is 1. The number of aromatic nitrogens is 1. The lowest BCUT2D eigenvalue weighted by Gasteiger charge is -2.29. The first-order valence-electron chi connectivity index (χ1n) is 11.4. The number of anilines is 1. The van der Waals surface area contributed by atoms with Crippen molar-refractivity contribution in [2.45, 2.75) is 40.0 Å². The van der Waals surface area contributed by atoms with Gasteiger partial charge in [0.25, 0.3) is 5.91 Å². The van der Waals surface area contributed by atoms with Gasteiger partial charge in [-0.15, -0.1) is 0 Å². The molecule has 1 aliphatic carbocycles. The molecule has 0 unspecified atom stereocenters. The number of ketones is 1. The minimum absolute atomic E-state index is 0.0935. The second-order valence-electron chi connectivity index (χ2n) is 9.27. The maximum atomic E-state index is 13.4. The molecule has 1 saturated heterocycles. The molecule has 0 bridgehead atoms. The Morgan fingerprint density at radius 2 is 1.91 bits per heavy atom. The number of carbonyl (C=O) groups excluding carboxylic acids is 2. The molecule has 1 N–H and O–H groups in total. The van der Waals surface area contributed by atoms with Crippen LogP contribution in [0.5, 0.6) is 0 Å². The minimum atomic E-state index is -0.152. The molecule has 32 heavy (non-hydrogen) atoms. The highest BCUT2D eigenvalue weighted by Gasteiger charge is 2.23. The normalized spacial score (nSPS) is 17.4. The van der Waals surface area contributed by atoms with E-state index in [0.717, 1.165) is 40.8 Å². The average Bonchev–Trinajstić information content (AvgIpc) is 3.09. The molecule has 0 spiro atoms. The predicted molar refractivity (Wildman–Crippen MR) is 128 cm³/mol. The van der Waals surface area contributed by atoms with Gasteiger partial charge < -0.3 is 19.5 Å². The van der Waals surface area contributed by atoms with E-state index in [1.807, 2.05) is 37.6 Å². The number of rotatable bonds is 5. The van der Waals surface area contributed by atoms with Gasteiger partial charge in [0.2, 0.25) is 0 Å². The number of fused-ring (bicyclic) bond motifs is 1. The van der Waals surface area contributed by atoms with Gasteiger partial charge >= 0.3 is 0 Å². The van der Waals surface area contributed by atoms with E-state index in [4.69, 9.17) is 4.74 Å². The lowest BCUT2D eigenvalue weighted by atomic mass is 9.92. The summed E-state index contributed by atoms with van der Waals surface area (Å²) in [7, 11) is 1.99. The Hall–Kier alpha value is -2.86. The van der Waals surface area contributed by atoms with Gasteiger partial charge in [0.1, 0.15) is 0 Å². The van der Waals surface area contributed by atoms with Crippen molar-refractivity contribution < 1.29 is 14.3 Å². The van der Waals surface area contributed by atoms with Crippen LogP contribution in [0.15, 0.2) is 41.1 Å². The predicted octanol–water partition coefficient (Wildman–Crippen LogP) is 4.10. The number of allylic oxidation sites excluding steroid dienone is 3. The van der Waals surface area contributed by atoms with Gasteiger partial charge in [-0.25, -0.2) is 0 Å². The van der Waals surface area contributed by atoms with E-state index in [9.17, 15) is 9.59 Å². The number of carbonyl (C=O) groups is 2. The van der Waals surface area contributed by atoms with Crippen LogP contribution in [0.2, 0.25) is 0 Å². The Morgan fingerprint density at radius 3 is 2.56 bits per heavy atom. The van der Waals surface area contributed by atoms with Gasteiger partial charge in [0.15, 0.2) is 5.78 Å². The van der Waals surface area contributed by atoms with Crippen molar-refractivity contribution in [1.82, 2.24) is 9.88 Å². The Labute approximate surface area is 189 Å². The van der Waals surface area contributed by atoms with E-state index in [2.05, 4.69) is 36.3 Å². The fourth-order valence-corrected chi connectivity index (χ4v) is 4.79. The molecule has 0 atom stereocenters.